The predicted molar refractivity (Wildman–Crippen MR) is 105 cm³/mol. The molecule has 0 saturated carbocycles. The van der Waals surface area contributed by atoms with Crippen LogP contribution in [0.15, 0.2) is 30.3 Å². The van der Waals surface area contributed by atoms with Crippen molar-refractivity contribution in [3.8, 4) is 28.7 Å². The summed E-state index contributed by atoms with van der Waals surface area (Å²) in [4.78, 5) is 12.6. The Morgan fingerprint density at radius 2 is 1.62 bits per heavy atom. The van der Waals surface area contributed by atoms with E-state index >= 15 is 0 Å². The zero-order chi connectivity index (χ0) is 23.2. The van der Waals surface area contributed by atoms with Crippen molar-refractivity contribution in [3.05, 3.63) is 41.5 Å². The van der Waals surface area contributed by atoms with Gasteiger partial charge in [-0.15, -0.1) is 0 Å². The first-order chi connectivity index (χ1) is 15.2. The lowest BCUT2D eigenvalue weighted by atomic mass is 9.95. The Labute approximate surface area is 181 Å². The van der Waals surface area contributed by atoms with Gasteiger partial charge in [0.2, 0.25) is 6.29 Å². The Bertz CT molecular complexity index is 1000. The number of carbonyl (C=O) groups is 1. The molecule has 1 saturated heterocycles. The van der Waals surface area contributed by atoms with Crippen LogP contribution in [0.5, 0.6) is 28.7 Å². The fourth-order valence-corrected chi connectivity index (χ4v) is 3.77. The molecule has 0 spiro atoms. The first-order valence-corrected chi connectivity index (χ1v) is 9.75. The van der Waals surface area contributed by atoms with Gasteiger partial charge in [0, 0.05) is 23.8 Å². The van der Waals surface area contributed by atoms with Crippen molar-refractivity contribution in [2.75, 3.05) is 6.61 Å². The number of hydrogen-bond donors (Lipinski definition) is 7. The molecule has 32 heavy (non-hydrogen) atoms. The first-order valence-electron chi connectivity index (χ1n) is 9.75. The van der Waals surface area contributed by atoms with E-state index in [1.54, 1.807) is 0 Å². The van der Waals surface area contributed by atoms with E-state index in [1.165, 1.54) is 18.2 Å². The summed E-state index contributed by atoms with van der Waals surface area (Å²) in [5.41, 5.74) is 0.244. The van der Waals surface area contributed by atoms with Crippen LogP contribution in [0.4, 0.5) is 0 Å². The molecule has 0 aromatic heterocycles. The molecule has 0 amide bonds. The number of hydrogen-bond acceptors (Lipinski definition) is 11. The van der Waals surface area contributed by atoms with Gasteiger partial charge in [0.05, 0.1) is 13.0 Å². The highest BCUT2D eigenvalue weighted by atomic mass is 16.7. The van der Waals surface area contributed by atoms with Crippen LogP contribution in [-0.4, -0.2) is 78.8 Å². The Morgan fingerprint density at radius 1 is 0.938 bits per heavy atom. The van der Waals surface area contributed by atoms with Crippen LogP contribution < -0.4 is 9.47 Å². The number of benzene rings is 2. The number of rotatable bonds is 4. The summed E-state index contributed by atoms with van der Waals surface area (Å²) in [5.74, 6) is -1.47. The molecule has 0 bridgehead atoms. The van der Waals surface area contributed by atoms with E-state index in [2.05, 4.69) is 0 Å². The highest BCUT2D eigenvalue weighted by Gasteiger charge is 2.45. The SMILES string of the molecule is O=C1C[C@@H](c2cc(O)cc(O)c2)Oc2cc(O[C@@H]3O[C@H](CO)[C@@H](O)[C@@H](O)[C@H]3O)cc(O)c21. The minimum Gasteiger partial charge on any atom is -0.508 e. The van der Waals surface area contributed by atoms with Gasteiger partial charge in [-0.3, -0.25) is 4.79 Å². The van der Waals surface area contributed by atoms with Crippen molar-refractivity contribution in [2.45, 2.75) is 43.2 Å². The van der Waals surface area contributed by atoms with Crippen molar-refractivity contribution in [1.29, 1.82) is 0 Å². The quantitative estimate of drug-likeness (QED) is 0.324. The molecule has 2 aliphatic heterocycles. The number of fused-ring (bicyclic) bond motifs is 1. The van der Waals surface area contributed by atoms with Gasteiger partial charge in [-0.25, -0.2) is 0 Å². The van der Waals surface area contributed by atoms with Gasteiger partial charge in [0.25, 0.3) is 0 Å². The predicted octanol–water partition coefficient (Wildman–Crippen LogP) is -0.311. The molecular formula is C21H22O11. The smallest absolute Gasteiger partial charge is 0.229 e. The lowest BCUT2D eigenvalue weighted by Crippen LogP contribution is -2.60. The van der Waals surface area contributed by atoms with Crippen LogP contribution in [0.1, 0.15) is 28.4 Å². The topological polar surface area (TPSA) is 186 Å². The van der Waals surface area contributed by atoms with E-state index in [9.17, 15) is 40.5 Å². The summed E-state index contributed by atoms with van der Waals surface area (Å²) < 4.78 is 16.6. The third-order valence-electron chi connectivity index (χ3n) is 5.37. The average molecular weight is 450 g/mol. The van der Waals surface area contributed by atoms with Gasteiger partial charge >= 0.3 is 0 Å². The zero-order valence-electron chi connectivity index (χ0n) is 16.5. The molecule has 4 rings (SSSR count). The highest BCUT2D eigenvalue weighted by Crippen LogP contribution is 2.43. The summed E-state index contributed by atoms with van der Waals surface area (Å²) in [7, 11) is 0. The second-order valence-corrected chi connectivity index (χ2v) is 7.65. The maximum atomic E-state index is 12.6. The molecule has 11 heteroatoms. The summed E-state index contributed by atoms with van der Waals surface area (Å²) >= 11 is 0. The number of aliphatic hydroxyl groups excluding tert-OH is 4. The maximum absolute atomic E-state index is 12.6. The fourth-order valence-electron chi connectivity index (χ4n) is 3.77. The summed E-state index contributed by atoms with van der Waals surface area (Å²) in [5, 5.41) is 69.0. The van der Waals surface area contributed by atoms with Gasteiger partial charge in [-0.05, 0) is 12.1 Å². The molecule has 2 aliphatic rings. The molecular weight excluding hydrogens is 428 g/mol. The number of ether oxygens (including phenoxy) is 3. The van der Waals surface area contributed by atoms with Gasteiger partial charge in [0.1, 0.15) is 64.8 Å². The minimum atomic E-state index is -1.67. The van der Waals surface area contributed by atoms with Crippen LogP contribution >= 0.6 is 0 Å². The molecule has 0 radical (unpaired) electrons. The number of aliphatic hydroxyl groups is 4. The van der Waals surface area contributed by atoms with E-state index in [4.69, 9.17) is 14.2 Å². The minimum absolute atomic E-state index is 0.0475. The molecule has 0 unspecified atom stereocenters. The largest absolute Gasteiger partial charge is 0.508 e. The third kappa shape index (κ3) is 4.04. The van der Waals surface area contributed by atoms with Crippen molar-refractivity contribution in [3.63, 3.8) is 0 Å². The first kappa shape index (κ1) is 22.1. The lowest BCUT2D eigenvalue weighted by molar-refractivity contribution is -0.277. The zero-order valence-corrected chi connectivity index (χ0v) is 16.5. The summed E-state index contributed by atoms with van der Waals surface area (Å²) in [6.45, 7) is -0.643. The number of aromatic hydroxyl groups is 3. The molecule has 2 aromatic rings. The average Bonchev–Trinajstić information content (AvgIpc) is 2.73. The fraction of sp³-hybridized carbons (Fsp3) is 0.381. The number of phenols is 3. The second-order valence-electron chi connectivity index (χ2n) is 7.65. The van der Waals surface area contributed by atoms with Gasteiger partial charge < -0.3 is 50.0 Å². The van der Waals surface area contributed by atoms with E-state index in [1.807, 2.05) is 0 Å². The Balaban J connectivity index is 1.61. The Hall–Kier alpha value is -3.09. The van der Waals surface area contributed by atoms with Crippen LogP contribution in [0, 0.1) is 0 Å². The van der Waals surface area contributed by atoms with E-state index in [-0.39, 0.29) is 35.0 Å². The van der Waals surface area contributed by atoms with E-state index < -0.39 is 54.9 Å². The molecule has 2 heterocycles. The Kier molecular flexibility index (Phi) is 5.84. The van der Waals surface area contributed by atoms with Crippen molar-refractivity contribution in [1.82, 2.24) is 0 Å². The molecule has 172 valence electrons. The van der Waals surface area contributed by atoms with Gasteiger partial charge in [0.15, 0.2) is 5.78 Å². The van der Waals surface area contributed by atoms with E-state index in [0.717, 1.165) is 12.1 Å². The second kappa shape index (κ2) is 8.45. The van der Waals surface area contributed by atoms with Crippen LogP contribution in [-0.2, 0) is 4.74 Å². The monoisotopic (exact) mass is 450 g/mol. The normalized spacial score (nSPS) is 29.8. The summed E-state index contributed by atoms with van der Waals surface area (Å²) in [6.07, 6.45) is -8.60. The third-order valence-corrected chi connectivity index (χ3v) is 5.37. The van der Waals surface area contributed by atoms with Crippen LogP contribution in [0.25, 0.3) is 0 Å². The van der Waals surface area contributed by atoms with Crippen molar-refractivity contribution >= 4 is 5.78 Å². The number of ketones is 1. The maximum Gasteiger partial charge on any atom is 0.229 e. The molecule has 2 aromatic carbocycles. The molecule has 7 N–H and O–H groups in total. The van der Waals surface area contributed by atoms with Crippen LogP contribution in [0.2, 0.25) is 0 Å². The lowest BCUT2D eigenvalue weighted by Gasteiger charge is -2.39. The van der Waals surface area contributed by atoms with E-state index in [0.29, 0.717) is 5.56 Å². The Morgan fingerprint density at radius 3 is 2.28 bits per heavy atom. The number of phenolic OH excluding ortho intramolecular Hbond substituents is 3. The standard InChI is InChI=1S/C21H22O11/c22-7-16-18(27)19(28)20(29)21(32-16)30-11-4-12(25)17-13(26)6-14(31-15(17)5-11)8-1-9(23)3-10(24)2-8/h1-5,14,16,18-25,27-29H,6-7H2/t14-,16+,18+,19+,20+,21+/m0/s1. The van der Waals surface area contributed by atoms with Crippen molar-refractivity contribution < 1.29 is 54.8 Å². The van der Waals surface area contributed by atoms with Crippen LogP contribution in [0.3, 0.4) is 0 Å². The molecule has 0 aliphatic carbocycles. The highest BCUT2D eigenvalue weighted by molar-refractivity contribution is 6.02. The van der Waals surface area contributed by atoms with Gasteiger partial charge in [-0.2, -0.15) is 0 Å². The molecule has 6 atom stereocenters. The molecule has 1 fully saturated rings. The summed E-state index contributed by atoms with van der Waals surface area (Å²) in [6, 6.07) is 6.15. The number of carbonyl (C=O) groups excluding carboxylic acids is 1. The van der Waals surface area contributed by atoms with Crippen molar-refractivity contribution in [2.24, 2.45) is 0 Å². The number of Topliss-reactive ketones (excluding diaryl/α,β-unsaturated/α-hetero) is 1. The van der Waals surface area contributed by atoms with Gasteiger partial charge in [-0.1, -0.05) is 0 Å². The molecule has 11 nitrogen and oxygen atoms in total.